The molecule has 1 aliphatic heterocycles. The van der Waals surface area contributed by atoms with Crippen LogP contribution in [0.15, 0.2) is 35.9 Å². The Kier molecular flexibility index (Phi) is 7.30. The Morgan fingerprint density at radius 2 is 2.20 bits per heavy atom. The second-order valence-electron chi connectivity index (χ2n) is 4.59. The minimum Gasteiger partial charge on any atom is -0.380 e. The number of nitrogens with one attached hydrogen (secondary N) is 2. The second-order valence-corrected chi connectivity index (χ2v) is 4.59. The molecule has 0 fully saturated rings. The third-order valence-electron chi connectivity index (χ3n) is 3.20. The lowest BCUT2D eigenvalue weighted by Crippen LogP contribution is -2.30. The number of hydrogen-bond donors (Lipinski definition) is 2. The van der Waals surface area contributed by atoms with E-state index in [-0.39, 0.29) is 18.3 Å². The lowest BCUT2D eigenvalue weighted by Gasteiger charge is -2.15. The molecule has 1 aromatic carbocycles. The number of ether oxygens (including phenoxy) is 1. The summed E-state index contributed by atoms with van der Waals surface area (Å²) in [5, 5.41) is 6.23. The summed E-state index contributed by atoms with van der Waals surface area (Å²) < 4.78 is 5.11. The predicted molar refractivity (Wildman–Crippen MR) is 82.3 cm³/mol. The van der Waals surface area contributed by atoms with Gasteiger partial charge in [0.2, 0.25) is 0 Å². The number of carbonyl (C=O) groups excluding carboxylic acids is 1. The highest BCUT2D eigenvalue weighted by Crippen LogP contribution is 2.10. The summed E-state index contributed by atoms with van der Waals surface area (Å²) in [6, 6.07) is 7.54. The molecule has 0 saturated carbocycles. The van der Waals surface area contributed by atoms with E-state index >= 15 is 0 Å². The van der Waals surface area contributed by atoms with Crippen LogP contribution in [0.4, 0.5) is 0 Å². The van der Waals surface area contributed by atoms with Crippen LogP contribution in [-0.2, 0) is 11.3 Å². The number of methoxy groups -OCH3 is 1. The molecular formula is C15H21ClN2O2. The molecule has 0 bridgehead atoms. The molecule has 1 heterocycles. The highest BCUT2D eigenvalue weighted by atomic mass is 35.5. The molecule has 0 aliphatic carbocycles. The number of halogens is 1. The summed E-state index contributed by atoms with van der Waals surface area (Å²) in [4.78, 5) is 12.2. The Hall–Kier alpha value is -1.36. The van der Waals surface area contributed by atoms with E-state index in [0.29, 0.717) is 18.7 Å². The largest absolute Gasteiger partial charge is 0.380 e. The van der Waals surface area contributed by atoms with Crippen molar-refractivity contribution in [2.75, 3.05) is 26.7 Å². The van der Waals surface area contributed by atoms with Crippen LogP contribution in [0.3, 0.4) is 0 Å². The lowest BCUT2D eigenvalue weighted by atomic mass is 10.1. The fourth-order valence-corrected chi connectivity index (χ4v) is 2.14. The van der Waals surface area contributed by atoms with E-state index in [1.54, 1.807) is 7.11 Å². The van der Waals surface area contributed by atoms with Crippen molar-refractivity contribution in [3.63, 3.8) is 0 Å². The normalized spacial score (nSPS) is 14.2. The molecule has 2 N–H and O–H groups in total. The highest BCUT2D eigenvalue weighted by molar-refractivity contribution is 5.95. The van der Waals surface area contributed by atoms with Gasteiger partial charge in [0, 0.05) is 25.8 Å². The molecule has 0 aromatic heterocycles. The quantitative estimate of drug-likeness (QED) is 0.816. The highest BCUT2D eigenvalue weighted by Gasteiger charge is 2.11. The molecule has 0 unspecified atom stereocenters. The van der Waals surface area contributed by atoms with Gasteiger partial charge in [-0.15, -0.1) is 12.4 Å². The van der Waals surface area contributed by atoms with Crippen molar-refractivity contribution in [3.05, 3.63) is 47.0 Å². The molecule has 110 valence electrons. The Morgan fingerprint density at radius 3 is 2.90 bits per heavy atom. The van der Waals surface area contributed by atoms with Crippen molar-refractivity contribution >= 4 is 18.3 Å². The van der Waals surface area contributed by atoms with Crippen LogP contribution in [-0.4, -0.2) is 32.7 Å². The fraction of sp³-hybridized carbons (Fsp3) is 0.400. The van der Waals surface area contributed by atoms with Gasteiger partial charge in [0.25, 0.3) is 5.91 Å². The van der Waals surface area contributed by atoms with Crippen LogP contribution in [0.25, 0.3) is 0 Å². The molecule has 2 rings (SSSR count). The van der Waals surface area contributed by atoms with Crippen molar-refractivity contribution < 1.29 is 9.53 Å². The molecule has 0 atom stereocenters. The Morgan fingerprint density at radius 1 is 1.40 bits per heavy atom. The van der Waals surface area contributed by atoms with Crippen molar-refractivity contribution in [1.29, 1.82) is 0 Å². The molecule has 4 nitrogen and oxygen atoms in total. The van der Waals surface area contributed by atoms with Crippen LogP contribution >= 0.6 is 12.4 Å². The number of rotatable bonds is 5. The maximum absolute atomic E-state index is 12.2. The third-order valence-corrected chi connectivity index (χ3v) is 3.20. The topological polar surface area (TPSA) is 50.4 Å². The second kappa shape index (κ2) is 8.74. The van der Waals surface area contributed by atoms with E-state index in [1.165, 1.54) is 5.57 Å². The molecular weight excluding hydrogens is 276 g/mol. The lowest BCUT2D eigenvalue weighted by molar-refractivity contribution is 0.0951. The van der Waals surface area contributed by atoms with Gasteiger partial charge in [-0.05, 0) is 24.6 Å². The van der Waals surface area contributed by atoms with E-state index in [1.807, 2.05) is 24.3 Å². The minimum absolute atomic E-state index is 0. The Bertz CT molecular complexity index is 475. The summed E-state index contributed by atoms with van der Waals surface area (Å²) in [7, 11) is 1.63. The van der Waals surface area contributed by atoms with Crippen LogP contribution in [0.2, 0.25) is 0 Å². The third kappa shape index (κ3) is 4.63. The molecule has 20 heavy (non-hydrogen) atoms. The van der Waals surface area contributed by atoms with Gasteiger partial charge in [-0.3, -0.25) is 4.79 Å². The molecule has 0 spiro atoms. The molecule has 1 aliphatic rings. The first-order valence-corrected chi connectivity index (χ1v) is 6.55. The summed E-state index contributed by atoms with van der Waals surface area (Å²) in [6.45, 7) is 2.96. The monoisotopic (exact) mass is 296 g/mol. The zero-order valence-electron chi connectivity index (χ0n) is 11.6. The molecule has 1 amide bonds. The van der Waals surface area contributed by atoms with Gasteiger partial charge >= 0.3 is 0 Å². The zero-order chi connectivity index (χ0) is 13.5. The summed E-state index contributed by atoms with van der Waals surface area (Å²) in [5.74, 6) is -0.0351. The Balaban J connectivity index is 0.00000200. The summed E-state index contributed by atoms with van der Waals surface area (Å²) in [6.07, 6.45) is 3.14. The molecule has 1 aromatic rings. The predicted octanol–water partition coefficient (Wildman–Crippen LogP) is 1.90. The first-order valence-electron chi connectivity index (χ1n) is 6.55. The Labute approximate surface area is 126 Å². The first-order chi connectivity index (χ1) is 9.31. The van der Waals surface area contributed by atoms with E-state index < -0.39 is 0 Å². The number of hydrogen-bond acceptors (Lipinski definition) is 3. The van der Waals surface area contributed by atoms with E-state index in [4.69, 9.17) is 4.74 Å². The van der Waals surface area contributed by atoms with Crippen molar-refractivity contribution in [2.45, 2.75) is 13.0 Å². The fourth-order valence-electron chi connectivity index (χ4n) is 2.14. The van der Waals surface area contributed by atoms with E-state index in [2.05, 4.69) is 16.7 Å². The van der Waals surface area contributed by atoms with Gasteiger partial charge in [-0.2, -0.15) is 0 Å². The van der Waals surface area contributed by atoms with Crippen molar-refractivity contribution in [1.82, 2.24) is 10.6 Å². The van der Waals surface area contributed by atoms with Crippen LogP contribution in [0.5, 0.6) is 0 Å². The molecule has 0 radical (unpaired) electrons. The summed E-state index contributed by atoms with van der Waals surface area (Å²) in [5.41, 5.74) is 2.90. The van der Waals surface area contributed by atoms with Gasteiger partial charge in [-0.25, -0.2) is 0 Å². The maximum Gasteiger partial charge on any atom is 0.251 e. The number of benzene rings is 1. The number of amides is 1. The van der Waals surface area contributed by atoms with Crippen LogP contribution in [0, 0.1) is 0 Å². The van der Waals surface area contributed by atoms with Crippen LogP contribution in [0.1, 0.15) is 22.3 Å². The standard InChI is InChI=1S/C15H20N2O2.ClH/c1-19-11-13-4-2-3-5-14(13)15(18)17-10-12-6-8-16-9-7-12;/h2-6,16H,7-11H2,1H3,(H,17,18);1H. The maximum atomic E-state index is 12.2. The zero-order valence-corrected chi connectivity index (χ0v) is 12.5. The van der Waals surface area contributed by atoms with Gasteiger partial charge in [0.05, 0.1) is 6.61 Å². The first kappa shape index (κ1) is 16.7. The van der Waals surface area contributed by atoms with E-state index in [9.17, 15) is 4.79 Å². The van der Waals surface area contributed by atoms with Crippen molar-refractivity contribution in [3.8, 4) is 0 Å². The molecule has 0 saturated heterocycles. The van der Waals surface area contributed by atoms with E-state index in [0.717, 1.165) is 25.1 Å². The van der Waals surface area contributed by atoms with Gasteiger partial charge in [0.1, 0.15) is 0 Å². The molecule has 5 heteroatoms. The smallest absolute Gasteiger partial charge is 0.251 e. The minimum atomic E-state index is -0.0351. The average Bonchev–Trinajstić information content (AvgIpc) is 2.47. The number of carbonyl (C=O) groups is 1. The average molecular weight is 297 g/mol. The SMILES string of the molecule is COCc1ccccc1C(=O)NCC1=CCNCC1.Cl. The van der Waals surface area contributed by atoms with Gasteiger partial charge < -0.3 is 15.4 Å². The van der Waals surface area contributed by atoms with Crippen LogP contribution < -0.4 is 10.6 Å². The van der Waals surface area contributed by atoms with Gasteiger partial charge in [-0.1, -0.05) is 29.8 Å². The van der Waals surface area contributed by atoms with Crippen molar-refractivity contribution in [2.24, 2.45) is 0 Å². The summed E-state index contributed by atoms with van der Waals surface area (Å²) >= 11 is 0. The van der Waals surface area contributed by atoms with Gasteiger partial charge in [0.15, 0.2) is 0 Å².